The number of hydrogen-bond donors (Lipinski definition) is 3. The van der Waals surface area contributed by atoms with E-state index in [4.69, 9.17) is 16.6 Å². The molecule has 0 bridgehead atoms. The van der Waals surface area contributed by atoms with Gasteiger partial charge in [-0.2, -0.15) is 4.94 Å². The molecule has 56 valence electrons. The summed E-state index contributed by atoms with van der Waals surface area (Å²) in [4.78, 5) is 3.30. The van der Waals surface area contributed by atoms with Gasteiger partial charge < -0.3 is 16.6 Å². The highest BCUT2D eigenvalue weighted by Crippen LogP contribution is 1.95. The first-order valence-electron chi connectivity index (χ1n) is 2.61. The Labute approximate surface area is 52.5 Å². The second-order valence-electron chi connectivity index (χ2n) is 1.67. The van der Waals surface area contributed by atoms with Crippen molar-refractivity contribution in [3.63, 3.8) is 0 Å². The molecule has 9 heavy (non-hydrogen) atoms. The Morgan fingerprint density at radius 2 is 2.00 bits per heavy atom. The maximum atomic E-state index is 11.3. The molecule has 0 saturated carbocycles. The monoisotopic (exact) mass is 138 g/mol. The topological polar surface area (TPSA) is 81.5 Å². The average molecular weight is 138 g/mol. The summed E-state index contributed by atoms with van der Waals surface area (Å²) in [6, 6.07) is 0. The van der Waals surface area contributed by atoms with Crippen LogP contribution in [0, 0.1) is 0 Å². The summed E-state index contributed by atoms with van der Waals surface area (Å²) in [6.45, 7) is -0.124. The maximum Gasteiger partial charge on any atom is 0.137 e. The van der Waals surface area contributed by atoms with E-state index in [1.807, 2.05) is 0 Å². The van der Waals surface area contributed by atoms with Gasteiger partial charge in [0.05, 0.1) is 6.10 Å². The van der Waals surface area contributed by atoms with Crippen LogP contribution in [-0.2, 0) is 4.94 Å². The van der Waals surface area contributed by atoms with E-state index in [-0.39, 0.29) is 13.1 Å². The predicted molar refractivity (Wildman–Crippen MR) is 30.1 cm³/mol. The lowest BCUT2D eigenvalue weighted by Crippen LogP contribution is -2.39. The molecule has 5 N–H and O–H groups in total. The fraction of sp³-hybridized carbons (Fsp3) is 1.00. The summed E-state index contributed by atoms with van der Waals surface area (Å²) in [7, 11) is 0. The highest BCUT2D eigenvalue weighted by atomic mass is 19.3. The summed E-state index contributed by atoms with van der Waals surface area (Å²) in [5.41, 5.74) is 9.95. The molecule has 0 aliphatic carbocycles. The number of halogens is 1. The zero-order chi connectivity index (χ0) is 7.28. The Hall–Kier alpha value is -0.230. The number of nitrogens with two attached hydrogens (primary N) is 2. The van der Waals surface area contributed by atoms with Gasteiger partial charge in [0.2, 0.25) is 0 Å². The van der Waals surface area contributed by atoms with Gasteiger partial charge in [-0.1, -0.05) is 0 Å². The Morgan fingerprint density at radius 1 is 1.44 bits per heavy atom. The first-order valence-corrected chi connectivity index (χ1v) is 2.61. The molecule has 4 nitrogen and oxygen atoms in total. The van der Waals surface area contributed by atoms with Crippen LogP contribution in [0.3, 0.4) is 0 Å². The molecule has 2 unspecified atom stereocenters. The zero-order valence-electron chi connectivity index (χ0n) is 4.96. The van der Waals surface area contributed by atoms with Gasteiger partial charge in [0.1, 0.15) is 6.10 Å². The fourth-order valence-corrected chi connectivity index (χ4v) is 0.405. The van der Waals surface area contributed by atoms with Crippen molar-refractivity contribution in [3.8, 4) is 0 Å². The molecule has 0 aromatic rings. The molecule has 0 amide bonds. The predicted octanol–water partition coefficient (Wildman–Crippen LogP) is -1.47. The Kier molecular flexibility index (Phi) is 4.51. The van der Waals surface area contributed by atoms with E-state index in [2.05, 4.69) is 4.94 Å². The first-order chi connectivity index (χ1) is 4.26. The third kappa shape index (κ3) is 2.71. The van der Waals surface area contributed by atoms with E-state index in [1.165, 1.54) is 0 Å². The summed E-state index contributed by atoms with van der Waals surface area (Å²) < 4.78 is 11.3. The second-order valence-corrected chi connectivity index (χ2v) is 1.67. The molecule has 0 rings (SSSR count). The lowest BCUT2D eigenvalue weighted by Gasteiger charge is -2.13. The van der Waals surface area contributed by atoms with Crippen LogP contribution in [0.25, 0.3) is 0 Å². The molecule has 2 atom stereocenters. The second kappa shape index (κ2) is 4.63. The maximum absolute atomic E-state index is 11.3. The largest absolute Gasteiger partial charge is 0.389 e. The van der Waals surface area contributed by atoms with Crippen LogP contribution < -0.4 is 11.5 Å². The van der Waals surface area contributed by atoms with Crippen LogP contribution in [-0.4, -0.2) is 30.4 Å². The van der Waals surface area contributed by atoms with E-state index in [0.29, 0.717) is 0 Å². The Balaban J connectivity index is 3.50. The minimum atomic E-state index is -1.01. The van der Waals surface area contributed by atoms with Crippen molar-refractivity contribution in [2.45, 2.75) is 12.2 Å². The van der Waals surface area contributed by atoms with Gasteiger partial charge in [-0.3, -0.25) is 0 Å². The third-order valence-electron chi connectivity index (χ3n) is 1.02. The van der Waals surface area contributed by atoms with Crippen LogP contribution in [0.1, 0.15) is 0 Å². The molecule has 0 heterocycles. The summed E-state index contributed by atoms with van der Waals surface area (Å²) in [5, 5.41) is 8.75. The number of aliphatic hydroxyl groups is 1. The van der Waals surface area contributed by atoms with E-state index >= 15 is 0 Å². The standard InChI is InChI=1S/C4H11FN2O2/c5-9-4(2-7)3(8)1-6/h3-4,8H,1-2,6-7H2. The van der Waals surface area contributed by atoms with Crippen LogP contribution in [0.15, 0.2) is 0 Å². The molecule has 0 aliphatic rings. The Bertz CT molecular complexity index is 69.6. The summed E-state index contributed by atoms with van der Waals surface area (Å²) >= 11 is 0. The molecule has 0 aliphatic heterocycles. The molecular weight excluding hydrogens is 127 g/mol. The quantitative estimate of drug-likeness (QED) is 0.443. The van der Waals surface area contributed by atoms with Crippen LogP contribution in [0.2, 0.25) is 0 Å². The zero-order valence-corrected chi connectivity index (χ0v) is 4.96. The van der Waals surface area contributed by atoms with Crippen molar-refractivity contribution < 1.29 is 14.6 Å². The average Bonchev–Trinajstić information content (AvgIpc) is 1.90. The lowest BCUT2D eigenvalue weighted by molar-refractivity contribution is -0.202. The van der Waals surface area contributed by atoms with Crippen molar-refractivity contribution in [1.29, 1.82) is 0 Å². The van der Waals surface area contributed by atoms with Crippen molar-refractivity contribution in [2.75, 3.05) is 13.1 Å². The Morgan fingerprint density at radius 3 is 2.11 bits per heavy atom. The molecular formula is C4H11FN2O2. The van der Waals surface area contributed by atoms with Gasteiger partial charge in [-0.05, 0) is 4.53 Å². The normalized spacial score (nSPS) is 17.3. The van der Waals surface area contributed by atoms with Gasteiger partial charge in [0, 0.05) is 13.1 Å². The van der Waals surface area contributed by atoms with Gasteiger partial charge in [-0.25, -0.2) is 0 Å². The molecule has 0 fully saturated rings. The molecule has 0 saturated heterocycles. The van der Waals surface area contributed by atoms with Crippen LogP contribution in [0.5, 0.6) is 0 Å². The molecule has 5 heteroatoms. The first kappa shape index (κ1) is 8.77. The van der Waals surface area contributed by atoms with E-state index in [1.54, 1.807) is 0 Å². The van der Waals surface area contributed by atoms with Crippen molar-refractivity contribution in [3.05, 3.63) is 0 Å². The molecule has 0 spiro atoms. The van der Waals surface area contributed by atoms with Crippen LogP contribution >= 0.6 is 0 Å². The molecule has 0 aromatic heterocycles. The number of aliphatic hydroxyl groups excluding tert-OH is 1. The smallest absolute Gasteiger partial charge is 0.137 e. The summed E-state index contributed by atoms with van der Waals surface area (Å²) in [5.74, 6) is 0. The number of hydrogen-bond acceptors (Lipinski definition) is 4. The fourth-order valence-electron chi connectivity index (χ4n) is 0.405. The lowest BCUT2D eigenvalue weighted by atomic mass is 10.2. The van der Waals surface area contributed by atoms with E-state index < -0.39 is 12.2 Å². The van der Waals surface area contributed by atoms with Crippen molar-refractivity contribution in [1.82, 2.24) is 0 Å². The molecule has 0 radical (unpaired) electrons. The third-order valence-corrected chi connectivity index (χ3v) is 1.02. The highest BCUT2D eigenvalue weighted by molar-refractivity contribution is 4.68. The molecule has 0 aromatic carbocycles. The summed E-state index contributed by atoms with van der Waals surface area (Å²) in [6.07, 6.45) is -2.00. The van der Waals surface area contributed by atoms with E-state index in [0.717, 1.165) is 0 Å². The van der Waals surface area contributed by atoms with Gasteiger partial charge >= 0.3 is 0 Å². The van der Waals surface area contributed by atoms with E-state index in [9.17, 15) is 4.53 Å². The minimum Gasteiger partial charge on any atom is -0.389 e. The SMILES string of the molecule is NCC(O)C(CN)OF. The van der Waals surface area contributed by atoms with Gasteiger partial charge in [-0.15, -0.1) is 0 Å². The van der Waals surface area contributed by atoms with Crippen molar-refractivity contribution in [2.24, 2.45) is 11.5 Å². The minimum absolute atomic E-state index is 0.0498. The van der Waals surface area contributed by atoms with Crippen LogP contribution in [0.4, 0.5) is 4.53 Å². The van der Waals surface area contributed by atoms with Gasteiger partial charge in [0.15, 0.2) is 0 Å². The van der Waals surface area contributed by atoms with Gasteiger partial charge in [0.25, 0.3) is 0 Å². The highest BCUT2D eigenvalue weighted by Gasteiger charge is 2.16. The van der Waals surface area contributed by atoms with Crippen molar-refractivity contribution >= 4 is 0 Å². The number of rotatable bonds is 4.